The van der Waals surface area contributed by atoms with Gasteiger partial charge in [0.15, 0.2) is 0 Å². The zero-order valence-electron chi connectivity index (χ0n) is 17.4. The number of benzene rings is 1. The first kappa shape index (κ1) is 21.7. The third-order valence-electron chi connectivity index (χ3n) is 5.87. The molecule has 3 aliphatic heterocycles. The molecule has 1 radical (unpaired) electrons. The topological polar surface area (TPSA) is 133 Å². The van der Waals surface area contributed by atoms with Gasteiger partial charge in [0, 0.05) is 32.4 Å². The van der Waals surface area contributed by atoms with Crippen LogP contribution in [0, 0.1) is 6.42 Å². The van der Waals surface area contributed by atoms with E-state index in [0.717, 1.165) is 17.7 Å². The maximum atomic E-state index is 13.0. The van der Waals surface area contributed by atoms with Crippen LogP contribution in [-0.4, -0.2) is 64.4 Å². The van der Waals surface area contributed by atoms with E-state index in [2.05, 4.69) is 17.1 Å². The monoisotopic (exact) mass is 439 g/mol. The molecular weight excluding hydrogens is 416 g/mol. The molecule has 2 N–H and O–H groups in total. The van der Waals surface area contributed by atoms with E-state index in [-0.39, 0.29) is 48.4 Å². The van der Waals surface area contributed by atoms with Crippen LogP contribution in [0.4, 0.5) is 5.69 Å². The lowest BCUT2D eigenvalue weighted by molar-refractivity contribution is -0.136. The van der Waals surface area contributed by atoms with Crippen LogP contribution in [0.25, 0.3) is 0 Å². The maximum Gasteiger partial charge on any atom is 0.264 e. The Morgan fingerprint density at radius 1 is 1.03 bits per heavy atom. The molecule has 0 aliphatic carbocycles. The van der Waals surface area contributed by atoms with Crippen molar-refractivity contribution in [1.82, 2.24) is 15.1 Å². The van der Waals surface area contributed by atoms with Gasteiger partial charge in [-0.2, -0.15) is 0 Å². The molecule has 0 bridgehead atoms. The summed E-state index contributed by atoms with van der Waals surface area (Å²) in [5.41, 5.74) is 0.243. The molecule has 0 saturated carbocycles. The number of carbonyl (C=O) groups is 6. The fourth-order valence-electron chi connectivity index (χ4n) is 4.21. The van der Waals surface area contributed by atoms with Gasteiger partial charge in [-0.3, -0.25) is 39.0 Å². The summed E-state index contributed by atoms with van der Waals surface area (Å²) in [7, 11) is 0. The van der Waals surface area contributed by atoms with Gasteiger partial charge < -0.3 is 10.2 Å². The Morgan fingerprint density at radius 2 is 1.78 bits per heavy atom. The lowest BCUT2D eigenvalue weighted by Gasteiger charge is -2.27. The lowest BCUT2D eigenvalue weighted by atomic mass is 10.0. The van der Waals surface area contributed by atoms with Crippen molar-refractivity contribution in [2.24, 2.45) is 0 Å². The molecule has 2 fully saturated rings. The minimum Gasteiger partial charge on any atom is -0.343 e. The van der Waals surface area contributed by atoms with Crippen LogP contribution < -0.4 is 10.6 Å². The summed E-state index contributed by atoms with van der Waals surface area (Å²) in [6, 6.07) is 3.40. The van der Waals surface area contributed by atoms with E-state index in [4.69, 9.17) is 0 Å². The number of likely N-dealkylation sites (tertiary alicyclic amines) is 1. The van der Waals surface area contributed by atoms with Gasteiger partial charge in [0.25, 0.3) is 11.8 Å². The molecule has 6 amide bonds. The molecule has 32 heavy (non-hydrogen) atoms. The van der Waals surface area contributed by atoms with Gasteiger partial charge in [0.2, 0.25) is 23.6 Å². The second kappa shape index (κ2) is 8.89. The van der Waals surface area contributed by atoms with E-state index < -0.39 is 35.6 Å². The molecule has 1 aromatic carbocycles. The molecule has 1 aromatic rings. The molecule has 0 spiro atoms. The number of piperidine rings is 2. The third kappa shape index (κ3) is 4.12. The van der Waals surface area contributed by atoms with Gasteiger partial charge in [-0.25, -0.2) is 0 Å². The number of amides is 6. The summed E-state index contributed by atoms with van der Waals surface area (Å²) in [6.45, 7) is 1.30. The first-order valence-electron chi connectivity index (χ1n) is 10.6. The third-order valence-corrected chi connectivity index (χ3v) is 5.87. The van der Waals surface area contributed by atoms with E-state index in [0.29, 0.717) is 13.1 Å². The molecule has 0 aromatic heterocycles. The van der Waals surface area contributed by atoms with Gasteiger partial charge in [-0.05, 0) is 37.8 Å². The van der Waals surface area contributed by atoms with Crippen molar-refractivity contribution in [3.05, 3.63) is 35.7 Å². The Balaban J connectivity index is 1.44. The molecule has 1 atom stereocenters. The minimum atomic E-state index is -1.08. The Labute approximate surface area is 184 Å². The molecule has 167 valence electrons. The predicted octanol–water partition coefficient (Wildman–Crippen LogP) is 0.633. The summed E-state index contributed by atoms with van der Waals surface area (Å²) < 4.78 is 0. The minimum absolute atomic E-state index is 0.00782. The van der Waals surface area contributed by atoms with Gasteiger partial charge in [-0.1, -0.05) is 6.07 Å². The number of hydrogen-bond donors (Lipinski definition) is 2. The zero-order chi connectivity index (χ0) is 22.8. The Bertz CT molecular complexity index is 1010. The van der Waals surface area contributed by atoms with Gasteiger partial charge in [0.05, 0.1) is 16.8 Å². The first-order valence-corrected chi connectivity index (χ1v) is 10.6. The second-order valence-corrected chi connectivity index (χ2v) is 7.97. The first-order chi connectivity index (χ1) is 15.4. The van der Waals surface area contributed by atoms with Crippen molar-refractivity contribution in [2.45, 2.75) is 44.6 Å². The van der Waals surface area contributed by atoms with Crippen molar-refractivity contribution >= 4 is 41.1 Å². The number of imide groups is 2. The Morgan fingerprint density at radius 3 is 2.50 bits per heavy atom. The van der Waals surface area contributed by atoms with Crippen molar-refractivity contribution in [3.63, 3.8) is 0 Å². The smallest absolute Gasteiger partial charge is 0.264 e. The van der Waals surface area contributed by atoms with Crippen LogP contribution in [0.2, 0.25) is 0 Å². The highest BCUT2D eigenvalue weighted by atomic mass is 16.2. The van der Waals surface area contributed by atoms with Crippen LogP contribution in [0.15, 0.2) is 18.2 Å². The molecule has 3 heterocycles. The van der Waals surface area contributed by atoms with E-state index in [1.807, 2.05) is 0 Å². The molecule has 3 aliphatic rings. The largest absolute Gasteiger partial charge is 0.343 e. The normalized spacial score (nSPS) is 20.8. The SMILES string of the molecule is O=C1CCC(N2C(=O)c3cccc(NC(=O)CCC(=O)N4CC[CH]CC4)c3C2=O)C(=O)N1. The summed E-state index contributed by atoms with van der Waals surface area (Å²) in [6.07, 6.45) is 3.88. The second-order valence-electron chi connectivity index (χ2n) is 7.97. The average molecular weight is 439 g/mol. The number of carbonyl (C=O) groups excluding carboxylic acids is 6. The highest BCUT2D eigenvalue weighted by Gasteiger charge is 2.45. The van der Waals surface area contributed by atoms with Crippen molar-refractivity contribution in [3.8, 4) is 0 Å². The summed E-state index contributed by atoms with van der Waals surface area (Å²) >= 11 is 0. The highest BCUT2D eigenvalue weighted by Crippen LogP contribution is 2.32. The fraction of sp³-hybridized carbons (Fsp3) is 0.409. The van der Waals surface area contributed by atoms with Gasteiger partial charge in [0.1, 0.15) is 6.04 Å². The Kier molecular flexibility index (Phi) is 6.02. The quantitative estimate of drug-likeness (QED) is 0.647. The number of anilines is 1. The number of nitrogens with one attached hydrogen (secondary N) is 2. The number of hydrogen-bond acceptors (Lipinski definition) is 6. The fourth-order valence-corrected chi connectivity index (χ4v) is 4.21. The van der Waals surface area contributed by atoms with Crippen LogP contribution in [0.1, 0.15) is 59.2 Å². The van der Waals surface area contributed by atoms with Gasteiger partial charge >= 0.3 is 0 Å². The molecule has 1 unspecified atom stereocenters. The summed E-state index contributed by atoms with van der Waals surface area (Å²) in [5, 5.41) is 4.77. The maximum absolute atomic E-state index is 13.0. The van der Waals surface area contributed by atoms with E-state index in [1.165, 1.54) is 18.2 Å². The standard InChI is InChI=1S/C22H23N4O6/c27-16(9-10-18(29)25-11-2-1-3-12-25)23-14-6-4-5-13-19(14)22(32)26(21(13)31)15-7-8-17(28)24-20(15)30/h1,4-6,15H,2-3,7-12H2,(H,23,27)(H,24,28,30). The van der Waals surface area contributed by atoms with Crippen molar-refractivity contribution < 1.29 is 28.8 Å². The summed E-state index contributed by atoms with van der Waals surface area (Å²) in [4.78, 5) is 76.8. The van der Waals surface area contributed by atoms with Crippen molar-refractivity contribution in [1.29, 1.82) is 0 Å². The van der Waals surface area contributed by atoms with E-state index in [9.17, 15) is 28.8 Å². The number of rotatable bonds is 5. The van der Waals surface area contributed by atoms with Crippen LogP contribution >= 0.6 is 0 Å². The Hall–Kier alpha value is -3.56. The average Bonchev–Trinajstić information content (AvgIpc) is 3.04. The van der Waals surface area contributed by atoms with Crippen LogP contribution in [-0.2, 0) is 19.2 Å². The molecular formula is C22H23N4O6. The lowest BCUT2D eigenvalue weighted by Crippen LogP contribution is -2.54. The van der Waals surface area contributed by atoms with Gasteiger partial charge in [-0.15, -0.1) is 0 Å². The summed E-state index contributed by atoms with van der Waals surface area (Å²) in [5.74, 6) is -3.04. The van der Waals surface area contributed by atoms with Crippen LogP contribution in [0.5, 0.6) is 0 Å². The molecule has 4 rings (SSSR count). The van der Waals surface area contributed by atoms with Crippen molar-refractivity contribution in [2.75, 3.05) is 18.4 Å². The van der Waals surface area contributed by atoms with E-state index >= 15 is 0 Å². The molecule has 10 nitrogen and oxygen atoms in total. The predicted molar refractivity (Wildman–Crippen MR) is 111 cm³/mol. The highest BCUT2D eigenvalue weighted by molar-refractivity contribution is 6.26. The van der Waals surface area contributed by atoms with Crippen LogP contribution in [0.3, 0.4) is 0 Å². The number of fused-ring (bicyclic) bond motifs is 1. The molecule has 10 heteroatoms. The zero-order valence-corrected chi connectivity index (χ0v) is 17.4. The number of nitrogens with zero attached hydrogens (tertiary/aromatic N) is 2. The molecule has 2 saturated heterocycles. The van der Waals surface area contributed by atoms with E-state index in [1.54, 1.807) is 4.90 Å².